The number of benzene rings is 2. The van der Waals surface area contributed by atoms with Crippen molar-refractivity contribution in [1.29, 1.82) is 0 Å². The minimum atomic E-state index is -0.469. The molecular formula is C22H27N3O2. The quantitative estimate of drug-likeness (QED) is 0.755. The number of methoxy groups -OCH3 is 1. The van der Waals surface area contributed by atoms with E-state index in [4.69, 9.17) is 4.74 Å². The number of fused-ring (bicyclic) bond motifs is 1. The number of aliphatic hydroxyl groups is 1. The predicted molar refractivity (Wildman–Crippen MR) is 110 cm³/mol. The van der Waals surface area contributed by atoms with Crippen LogP contribution in [-0.2, 0) is 7.05 Å². The van der Waals surface area contributed by atoms with Crippen LogP contribution in [0.4, 0.5) is 5.69 Å². The van der Waals surface area contributed by atoms with Gasteiger partial charge in [0.05, 0.1) is 13.2 Å². The predicted octanol–water partition coefficient (Wildman–Crippen LogP) is 3.04. The first-order valence-corrected chi connectivity index (χ1v) is 9.49. The summed E-state index contributed by atoms with van der Waals surface area (Å²) in [5, 5.41) is 12.0. The molecule has 1 N–H and O–H groups in total. The molecule has 27 heavy (non-hydrogen) atoms. The maximum atomic E-state index is 10.8. The lowest BCUT2D eigenvalue weighted by atomic mass is 10.1. The highest BCUT2D eigenvalue weighted by Gasteiger charge is 2.22. The van der Waals surface area contributed by atoms with E-state index in [1.54, 1.807) is 7.11 Å². The van der Waals surface area contributed by atoms with E-state index in [1.165, 1.54) is 5.69 Å². The van der Waals surface area contributed by atoms with E-state index in [0.717, 1.165) is 48.4 Å². The van der Waals surface area contributed by atoms with Gasteiger partial charge in [-0.3, -0.25) is 4.90 Å². The van der Waals surface area contributed by atoms with Crippen molar-refractivity contribution in [2.45, 2.75) is 6.10 Å². The van der Waals surface area contributed by atoms with Crippen molar-refractivity contribution in [2.24, 2.45) is 7.05 Å². The maximum absolute atomic E-state index is 10.8. The number of para-hydroxylation sites is 1. The second kappa shape index (κ2) is 7.62. The van der Waals surface area contributed by atoms with Crippen LogP contribution in [0.5, 0.6) is 5.75 Å². The van der Waals surface area contributed by atoms with Gasteiger partial charge in [0.15, 0.2) is 0 Å². The Balaban J connectivity index is 1.38. The van der Waals surface area contributed by atoms with E-state index < -0.39 is 6.10 Å². The summed E-state index contributed by atoms with van der Waals surface area (Å²) >= 11 is 0. The molecule has 1 fully saturated rings. The number of aryl methyl sites for hydroxylation is 1. The number of ether oxygens (including phenoxy) is 1. The Bertz CT molecular complexity index is 896. The third-order valence-electron chi connectivity index (χ3n) is 5.53. The van der Waals surface area contributed by atoms with E-state index in [-0.39, 0.29) is 0 Å². The van der Waals surface area contributed by atoms with Crippen molar-refractivity contribution in [1.82, 2.24) is 9.47 Å². The van der Waals surface area contributed by atoms with Gasteiger partial charge in [-0.25, -0.2) is 0 Å². The Labute approximate surface area is 160 Å². The molecule has 5 heteroatoms. The van der Waals surface area contributed by atoms with Crippen LogP contribution >= 0.6 is 0 Å². The largest absolute Gasteiger partial charge is 0.497 e. The van der Waals surface area contributed by atoms with Crippen LogP contribution in [0.2, 0.25) is 0 Å². The number of aliphatic hydroxyl groups excluding tert-OH is 1. The van der Waals surface area contributed by atoms with Gasteiger partial charge in [-0.1, -0.05) is 18.2 Å². The third kappa shape index (κ3) is 3.66. The van der Waals surface area contributed by atoms with Gasteiger partial charge in [-0.05, 0) is 30.3 Å². The van der Waals surface area contributed by atoms with Crippen LogP contribution in [0.15, 0.2) is 54.7 Å². The first-order valence-electron chi connectivity index (χ1n) is 9.49. The maximum Gasteiger partial charge on any atom is 0.119 e. The van der Waals surface area contributed by atoms with Crippen LogP contribution in [0.25, 0.3) is 10.9 Å². The van der Waals surface area contributed by atoms with E-state index >= 15 is 0 Å². The van der Waals surface area contributed by atoms with Crippen LogP contribution in [0.1, 0.15) is 11.7 Å². The second-order valence-electron chi connectivity index (χ2n) is 7.21. The summed E-state index contributed by atoms with van der Waals surface area (Å²) < 4.78 is 7.33. The Kier molecular flexibility index (Phi) is 5.05. The SMILES string of the molecule is COc1ccc(N2CCN(C[C@H](O)c3cn(C)c4ccccc34)CC2)cc1. The minimum Gasteiger partial charge on any atom is -0.497 e. The summed E-state index contributed by atoms with van der Waals surface area (Å²) in [6.07, 6.45) is 1.59. The van der Waals surface area contributed by atoms with Crippen molar-refractivity contribution in [3.63, 3.8) is 0 Å². The fourth-order valence-corrected chi connectivity index (χ4v) is 3.96. The third-order valence-corrected chi connectivity index (χ3v) is 5.53. The zero-order chi connectivity index (χ0) is 18.8. The molecule has 142 valence electrons. The van der Waals surface area contributed by atoms with E-state index in [0.29, 0.717) is 6.54 Å². The molecule has 2 aromatic carbocycles. The summed E-state index contributed by atoms with van der Waals surface area (Å²) in [4.78, 5) is 4.74. The highest BCUT2D eigenvalue weighted by atomic mass is 16.5. The van der Waals surface area contributed by atoms with Gasteiger partial charge in [-0.15, -0.1) is 0 Å². The fourth-order valence-electron chi connectivity index (χ4n) is 3.96. The molecule has 0 unspecified atom stereocenters. The average Bonchev–Trinajstić information content (AvgIpc) is 3.06. The molecule has 0 aliphatic carbocycles. The molecule has 3 aromatic rings. The molecule has 0 saturated carbocycles. The van der Waals surface area contributed by atoms with E-state index in [1.807, 2.05) is 31.3 Å². The molecular weight excluding hydrogens is 338 g/mol. The highest BCUT2D eigenvalue weighted by Crippen LogP contribution is 2.27. The number of hydrogen-bond donors (Lipinski definition) is 1. The van der Waals surface area contributed by atoms with Crippen LogP contribution in [0, 0.1) is 0 Å². The topological polar surface area (TPSA) is 40.9 Å². The lowest BCUT2D eigenvalue weighted by Gasteiger charge is -2.37. The number of nitrogens with zero attached hydrogens (tertiary/aromatic N) is 3. The molecule has 4 rings (SSSR count). The lowest BCUT2D eigenvalue weighted by molar-refractivity contribution is 0.110. The van der Waals surface area contributed by atoms with Crippen molar-refractivity contribution >= 4 is 16.6 Å². The summed E-state index contributed by atoms with van der Waals surface area (Å²) in [7, 11) is 3.72. The van der Waals surface area contributed by atoms with Gasteiger partial charge in [0.25, 0.3) is 0 Å². The Hall–Kier alpha value is -2.50. The zero-order valence-corrected chi connectivity index (χ0v) is 16.0. The molecule has 1 aliphatic heterocycles. The summed E-state index contributed by atoms with van der Waals surface area (Å²) in [5.41, 5.74) is 3.41. The molecule has 0 radical (unpaired) electrons. The first-order chi connectivity index (χ1) is 13.2. The van der Waals surface area contributed by atoms with E-state index in [9.17, 15) is 5.11 Å². The highest BCUT2D eigenvalue weighted by molar-refractivity contribution is 5.84. The van der Waals surface area contributed by atoms with Gasteiger partial charge < -0.3 is 19.3 Å². The second-order valence-corrected chi connectivity index (χ2v) is 7.21. The number of rotatable bonds is 5. The van der Waals surface area contributed by atoms with E-state index in [2.05, 4.69) is 44.8 Å². The molecule has 1 saturated heterocycles. The van der Waals surface area contributed by atoms with Crippen molar-refractivity contribution in [3.8, 4) is 5.75 Å². The van der Waals surface area contributed by atoms with Crippen LogP contribution < -0.4 is 9.64 Å². The van der Waals surface area contributed by atoms with Crippen molar-refractivity contribution in [3.05, 3.63) is 60.3 Å². The molecule has 1 aromatic heterocycles. The minimum absolute atomic E-state index is 0.469. The molecule has 5 nitrogen and oxygen atoms in total. The van der Waals surface area contributed by atoms with Gasteiger partial charge >= 0.3 is 0 Å². The molecule has 1 aliphatic rings. The molecule has 2 heterocycles. The van der Waals surface area contributed by atoms with Crippen molar-refractivity contribution in [2.75, 3.05) is 44.7 Å². The van der Waals surface area contributed by atoms with Gasteiger partial charge in [0.1, 0.15) is 5.75 Å². The van der Waals surface area contributed by atoms with Crippen LogP contribution in [-0.4, -0.2) is 54.4 Å². The number of β-amino-alcohol motifs (C(OH)–C–C–N with tert-alkyl or cyclic N) is 1. The molecule has 0 amide bonds. The normalized spacial score (nSPS) is 16.6. The van der Waals surface area contributed by atoms with Gasteiger partial charge in [0, 0.05) is 68.1 Å². The monoisotopic (exact) mass is 365 g/mol. The number of anilines is 1. The number of hydrogen-bond acceptors (Lipinski definition) is 4. The molecule has 0 spiro atoms. The number of aromatic nitrogens is 1. The molecule has 1 atom stereocenters. The lowest BCUT2D eigenvalue weighted by Crippen LogP contribution is -2.47. The van der Waals surface area contributed by atoms with Gasteiger partial charge in [-0.2, -0.15) is 0 Å². The average molecular weight is 365 g/mol. The summed E-state index contributed by atoms with van der Waals surface area (Å²) in [5.74, 6) is 0.885. The summed E-state index contributed by atoms with van der Waals surface area (Å²) in [6.45, 7) is 4.51. The summed E-state index contributed by atoms with van der Waals surface area (Å²) in [6, 6.07) is 16.5. The first kappa shape index (κ1) is 17.9. The Morgan fingerprint density at radius 2 is 1.70 bits per heavy atom. The van der Waals surface area contributed by atoms with Gasteiger partial charge in [0.2, 0.25) is 0 Å². The Morgan fingerprint density at radius 3 is 2.41 bits per heavy atom. The molecule has 0 bridgehead atoms. The number of piperazine rings is 1. The standard InChI is InChI=1S/C22H27N3O2/c1-23-15-20(19-5-3-4-6-21(19)23)22(26)16-24-11-13-25(14-12-24)17-7-9-18(27-2)10-8-17/h3-10,15,22,26H,11-14,16H2,1-2H3/t22-/m0/s1. The van der Waals surface area contributed by atoms with Crippen LogP contribution in [0.3, 0.4) is 0 Å². The smallest absolute Gasteiger partial charge is 0.119 e. The Morgan fingerprint density at radius 1 is 1.00 bits per heavy atom. The zero-order valence-electron chi connectivity index (χ0n) is 16.0. The van der Waals surface area contributed by atoms with Crippen molar-refractivity contribution < 1.29 is 9.84 Å². The fraction of sp³-hybridized carbons (Fsp3) is 0.364.